The first-order valence-electron chi connectivity index (χ1n) is 8.14. The van der Waals surface area contributed by atoms with E-state index in [1.807, 2.05) is 0 Å². The lowest BCUT2D eigenvalue weighted by Gasteiger charge is -2.36. The van der Waals surface area contributed by atoms with Crippen LogP contribution < -0.4 is 11.3 Å². The van der Waals surface area contributed by atoms with Crippen LogP contribution in [-0.4, -0.2) is 0 Å². The molecule has 21 heavy (non-hydrogen) atoms. The van der Waals surface area contributed by atoms with E-state index in [1.165, 1.54) is 35.6 Å². The highest BCUT2D eigenvalue weighted by molar-refractivity contribution is 5.83. The molecular formula is C19H26N2. The van der Waals surface area contributed by atoms with Gasteiger partial charge in [0.25, 0.3) is 0 Å². The molecule has 0 bridgehead atoms. The number of nitrogens with two attached hydrogens (primary N) is 1. The van der Waals surface area contributed by atoms with E-state index in [9.17, 15) is 0 Å². The summed E-state index contributed by atoms with van der Waals surface area (Å²) in [5.74, 6) is 8.19. The second-order valence-electron chi connectivity index (χ2n) is 6.78. The molecule has 1 aliphatic carbocycles. The Balaban J connectivity index is 1.87. The van der Waals surface area contributed by atoms with Gasteiger partial charge in [-0.05, 0) is 53.0 Å². The Hall–Kier alpha value is -1.38. The predicted octanol–water partition coefficient (Wildman–Crippen LogP) is 4.42. The van der Waals surface area contributed by atoms with Crippen molar-refractivity contribution in [1.29, 1.82) is 0 Å². The molecule has 3 rings (SSSR count). The van der Waals surface area contributed by atoms with Crippen LogP contribution in [0.3, 0.4) is 0 Å². The van der Waals surface area contributed by atoms with E-state index >= 15 is 0 Å². The highest BCUT2D eigenvalue weighted by Gasteiger charge is 2.30. The molecule has 1 aliphatic rings. The molecule has 4 unspecified atom stereocenters. The van der Waals surface area contributed by atoms with Crippen LogP contribution in [0.1, 0.15) is 44.7 Å². The van der Waals surface area contributed by atoms with E-state index in [4.69, 9.17) is 5.84 Å². The SMILES string of the molecule is CC1CCC(C(NN)c2ccc3ccccc3c2)CC1C. The van der Waals surface area contributed by atoms with E-state index in [-0.39, 0.29) is 6.04 Å². The summed E-state index contributed by atoms with van der Waals surface area (Å²) in [6, 6.07) is 15.5. The lowest BCUT2D eigenvalue weighted by molar-refractivity contribution is 0.171. The molecule has 2 aromatic rings. The first kappa shape index (κ1) is 14.6. The Morgan fingerprint density at radius 1 is 1.00 bits per heavy atom. The average Bonchev–Trinajstić information content (AvgIpc) is 2.51. The third-order valence-corrected chi connectivity index (χ3v) is 5.42. The summed E-state index contributed by atoms with van der Waals surface area (Å²) in [5, 5.41) is 2.59. The standard InChI is InChI=1S/C19H26N2/c1-13-7-8-17(11-14(13)2)19(21-20)18-10-9-15-5-3-4-6-16(15)12-18/h3-6,9-10,12-14,17,19,21H,7-8,11,20H2,1-2H3. The van der Waals surface area contributed by atoms with E-state index in [1.54, 1.807) is 0 Å². The van der Waals surface area contributed by atoms with Gasteiger partial charge in [-0.2, -0.15) is 0 Å². The van der Waals surface area contributed by atoms with Gasteiger partial charge in [-0.3, -0.25) is 11.3 Å². The van der Waals surface area contributed by atoms with Gasteiger partial charge in [-0.15, -0.1) is 0 Å². The summed E-state index contributed by atoms with van der Waals surface area (Å²) in [6.45, 7) is 4.76. The summed E-state index contributed by atoms with van der Waals surface area (Å²) in [4.78, 5) is 0. The summed E-state index contributed by atoms with van der Waals surface area (Å²) >= 11 is 0. The highest BCUT2D eigenvalue weighted by atomic mass is 15.2. The van der Waals surface area contributed by atoms with Crippen molar-refractivity contribution in [2.24, 2.45) is 23.6 Å². The van der Waals surface area contributed by atoms with E-state index in [0.717, 1.165) is 11.8 Å². The molecule has 0 radical (unpaired) electrons. The van der Waals surface area contributed by atoms with Crippen molar-refractivity contribution in [2.75, 3.05) is 0 Å². The van der Waals surface area contributed by atoms with Crippen LogP contribution >= 0.6 is 0 Å². The lowest BCUT2D eigenvalue weighted by Crippen LogP contribution is -2.36. The maximum Gasteiger partial charge on any atom is 0.0488 e. The monoisotopic (exact) mass is 282 g/mol. The molecule has 2 heteroatoms. The molecule has 1 saturated carbocycles. The summed E-state index contributed by atoms with van der Waals surface area (Å²) in [7, 11) is 0. The van der Waals surface area contributed by atoms with Gasteiger partial charge in [-0.25, -0.2) is 0 Å². The third kappa shape index (κ3) is 2.97. The molecule has 2 nitrogen and oxygen atoms in total. The van der Waals surface area contributed by atoms with Crippen LogP contribution in [0, 0.1) is 17.8 Å². The molecule has 0 saturated heterocycles. The van der Waals surface area contributed by atoms with Crippen LogP contribution in [0.2, 0.25) is 0 Å². The van der Waals surface area contributed by atoms with E-state index in [0.29, 0.717) is 5.92 Å². The summed E-state index contributed by atoms with van der Waals surface area (Å²) in [5.41, 5.74) is 4.41. The minimum atomic E-state index is 0.268. The molecule has 2 aromatic carbocycles. The van der Waals surface area contributed by atoms with E-state index < -0.39 is 0 Å². The van der Waals surface area contributed by atoms with Crippen LogP contribution in [0.25, 0.3) is 10.8 Å². The summed E-state index contributed by atoms with van der Waals surface area (Å²) < 4.78 is 0. The fourth-order valence-corrected chi connectivity index (χ4v) is 3.80. The molecule has 112 valence electrons. The third-order valence-electron chi connectivity index (χ3n) is 5.42. The molecule has 3 N–H and O–H groups in total. The molecule has 0 spiro atoms. The van der Waals surface area contributed by atoms with Crippen molar-refractivity contribution < 1.29 is 0 Å². The van der Waals surface area contributed by atoms with Crippen LogP contribution in [0.15, 0.2) is 42.5 Å². The van der Waals surface area contributed by atoms with Gasteiger partial charge in [0.05, 0.1) is 0 Å². The second kappa shape index (κ2) is 6.17. The minimum Gasteiger partial charge on any atom is -0.271 e. The Morgan fingerprint density at radius 2 is 1.76 bits per heavy atom. The molecule has 0 amide bonds. The summed E-state index contributed by atoms with van der Waals surface area (Å²) in [6.07, 6.45) is 3.85. The number of hydrogen-bond donors (Lipinski definition) is 2. The van der Waals surface area contributed by atoms with Gasteiger partial charge in [0.2, 0.25) is 0 Å². The van der Waals surface area contributed by atoms with Crippen molar-refractivity contribution in [2.45, 2.75) is 39.2 Å². The lowest BCUT2D eigenvalue weighted by atomic mass is 9.72. The Morgan fingerprint density at radius 3 is 2.48 bits per heavy atom. The normalized spacial score (nSPS) is 27.7. The van der Waals surface area contributed by atoms with Gasteiger partial charge in [-0.1, -0.05) is 56.7 Å². The molecule has 0 aromatic heterocycles. The maximum atomic E-state index is 5.91. The van der Waals surface area contributed by atoms with Crippen molar-refractivity contribution in [3.63, 3.8) is 0 Å². The number of benzene rings is 2. The zero-order chi connectivity index (χ0) is 14.8. The minimum absolute atomic E-state index is 0.268. The number of hydrogen-bond acceptors (Lipinski definition) is 2. The van der Waals surface area contributed by atoms with Gasteiger partial charge in [0.15, 0.2) is 0 Å². The zero-order valence-electron chi connectivity index (χ0n) is 13.0. The van der Waals surface area contributed by atoms with Crippen molar-refractivity contribution in [3.05, 3.63) is 48.0 Å². The van der Waals surface area contributed by atoms with Crippen molar-refractivity contribution >= 4 is 10.8 Å². The average molecular weight is 282 g/mol. The molecule has 4 atom stereocenters. The van der Waals surface area contributed by atoms with Gasteiger partial charge in [0, 0.05) is 6.04 Å². The number of hydrazine groups is 1. The second-order valence-corrected chi connectivity index (χ2v) is 6.78. The van der Waals surface area contributed by atoms with Gasteiger partial charge in [0.1, 0.15) is 0 Å². The van der Waals surface area contributed by atoms with Crippen molar-refractivity contribution in [3.8, 4) is 0 Å². The first-order chi connectivity index (χ1) is 10.2. The Labute approximate surface area is 127 Å². The Kier molecular flexibility index (Phi) is 4.27. The van der Waals surface area contributed by atoms with E-state index in [2.05, 4.69) is 61.7 Å². The van der Waals surface area contributed by atoms with Crippen molar-refractivity contribution in [1.82, 2.24) is 5.43 Å². The largest absolute Gasteiger partial charge is 0.271 e. The van der Waals surface area contributed by atoms with Gasteiger partial charge >= 0.3 is 0 Å². The quantitative estimate of drug-likeness (QED) is 0.646. The number of fused-ring (bicyclic) bond motifs is 1. The Bertz CT molecular complexity index is 607. The highest BCUT2D eigenvalue weighted by Crippen LogP contribution is 2.40. The predicted molar refractivity (Wildman–Crippen MR) is 89.7 cm³/mol. The van der Waals surface area contributed by atoms with Crippen LogP contribution in [0.4, 0.5) is 0 Å². The topological polar surface area (TPSA) is 38.0 Å². The molecule has 1 fully saturated rings. The fourth-order valence-electron chi connectivity index (χ4n) is 3.80. The van der Waals surface area contributed by atoms with Crippen LogP contribution in [-0.2, 0) is 0 Å². The van der Waals surface area contributed by atoms with Crippen LogP contribution in [0.5, 0.6) is 0 Å². The molecular weight excluding hydrogens is 256 g/mol. The van der Waals surface area contributed by atoms with Gasteiger partial charge < -0.3 is 0 Å². The molecule has 0 aliphatic heterocycles. The number of nitrogens with one attached hydrogen (secondary N) is 1. The number of rotatable bonds is 3. The smallest absolute Gasteiger partial charge is 0.0488 e. The molecule has 0 heterocycles. The first-order valence-corrected chi connectivity index (χ1v) is 8.14. The maximum absolute atomic E-state index is 5.91. The fraction of sp³-hybridized carbons (Fsp3) is 0.474. The zero-order valence-corrected chi connectivity index (χ0v) is 13.0.